The Balaban J connectivity index is 0.000000423. The van der Waals surface area contributed by atoms with Crippen LogP contribution in [0.25, 0.3) is 0 Å². The number of alkyl halides is 3. The number of hydrogen-bond donors (Lipinski definition) is 1. The number of aromatic nitrogens is 2. The van der Waals surface area contributed by atoms with E-state index >= 15 is 0 Å². The van der Waals surface area contributed by atoms with Crippen LogP contribution in [0, 0.1) is 6.92 Å². The van der Waals surface area contributed by atoms with E-state index in [4.69, 9.17) is 14.6 Å². The first-order valence-electron chi connectivity index (χ1n) is 9.28. The van der Waals surface area contributed by atoms with Crippen LogP contribution in [-0.2, 0) is 27.4 Å². The predicted molar refractivity (Wildman–Crippen MR) is 108 cm³/mol. The minimum absolute atomic E-state index is 0.123. The van der Waals surface area contributed by atoms with E-state index in [0.717, 1.165) is 28.6 Å². The number of rotatable bonds is 5. The van der Waals surface area contributed by atoms with Gasteiger partial charge in [-0.3, -0.25) is 4.79 Å². The van der Waals surface area contributed by atoms with E-state index in [1.807, 2.05) is 24.0 Å². The Morgan fingerprint density at radius 2 is 2.03 bits per heavy atom. The van der Waals surface area contributed by atoms with Crippen molar-refractivity contribution in [3.8, 4) is 0 Å². The monoisotopic (exact) mass is 460 g/mol. The van der Waals surface area contributed by atoms with Crippen molar-refractivity contribution >= 4 is 29.0 Å². The summed E-state index contributed by atoms with van der Waals surface area (Å²) in [6.45, 7) is 5.21. The summed E-state index contributed by atoms with van der Waals surface area (Å²) in [6.07, 6.45) is -2.86. The largest absolute Gasteiger partial charge is 0.490 e. The van der Waals surface area contributed by atoms with E-state index in [2.05, 4.69) is 20.2 Å². The molecule has 2 aromatic heterocycles. The van der Waals surface area contributed by atoms with Crippen molar-refractivity contribution in [1.82, 2.24) is 14.9 Å². The second kappa shape index (κ2) is 11.0. The molecule has 0 aromatic carbocycles. The van der Waals surface area contributed by atoms with Crippen LogP contribution in [0.1, 0.15) is 22.7 Å². The highest BCUT2D eigenvalue weighted by Gasteiger charge is 2.38. The molecule has 1 N–H and O–H groups in total. The van der Waals surface area contributed by atoms with Crippen molar-refractivity contribution in [2.45, 2.75) is 32.6 Å². The summed E-state index contributed by atoms with van der Waals surface area (Å²) >= 11 is 1.66. The SMILES string of the molecule is COCCC(=O)N1CCN(Cc2csc(C)n2)c2ncccc2C1.O=C(O)C(F)(F)F. The molecule has 1 amide bonds. The van der Waals surface area contributed by atoms with Crippen LogP contribution in [0.2, 0.25) is 0 Å². The lowest BCUT2D eigenvalue weighted by atomic mass is 10.2. The van der Waals surface area contributed by atoms with E-state index in [-0.39, 0.29) is 5.91 Å². The second-order valence-electron chi connectivity index (χ2n) is 6.63. The number of fused-ring (bicyclic) bond motifs is 1. The van der Waals surface area contributed by atoms with Gasteiger partial charge in [-0.1, -0.05) is 6.07 Å². The number of amides is 1. The van der Waals surface area contributed by atoms with Gasteiger partial charge in [0.1, 0.15) is 5.82 Å². The molecule has 8 nitrogen and oxygen atoms in total. The quantitative estimate of drug-likeness (QED) is 0.733. The fraction of sp³-hybridized carbons (Fsp3) is 0.474. The van der Waals surface area contributed by atoms with Gasteiger partial charge >= 0.3 is 12.1 Å². The Morgan fingerprint density at radius 3 is 2.61 bits per heavy atom. The third-order valence-electron chi connectivity index (χ3n) is 4.30. The van der Waals surface area contributed by atoms with Crippen LogP contribution < -0.4 is 4.90 Å². The fourth-order valence-corrected chi connectivity index (χ4v) is 3.46. The zero-order valence-corrected chi connectivity index (χ0v) is 17.9. The molecule has 12 heteroatoms. The third kappa shape index (κ3) is 7.47. The summed E-state index contributed by atoms with van der Waals surface area (Å²) in [7, 11) is 1.62. The van der Waals surface area contributed by atoms with Crippen molar-refractivity contribution in [1.29, 1.82) is 0 Å². The number of nitrogens with zero attached hydrogens (tertiary/aromatic N) is 4. The van der Waals surface area contributed by atoms with Crippen molar-refractivity contribution in [3.63, 3.8) is 0 Å². The molecule has 0 aliphatic carbocycles. The summed E-state index contributed by atoms with van der Waals surface area (Å²) in [6, 6.07) is 3.97. The number of carbonyl (C=O) groups excluding carboxylic acids is 1. The number of anilines is 1. The first-order valence-corrected chi connectivity index (χ1v) is 10.2. The van der Waals surface area contributed by atoms with Gasteiger partial charge in [-0.2, -0.15) is 13.2 Å². The summed E-state index contributed by atoms with van der Waals surface area (Å²) < 4.78 is 36.8. The molecule has 31 heavy (non-hydrogen) atoms. The van der Waals surface area contributed by atoms with Crippen LogP contribution in [0.5, 0.6) is 0 Å². The molecule has 0 bridgehead atoms. The average molecular weight is 460 g/mol. The Kier molecular flexibility index (Phi) is 8.75. The highest BCUT2D eigenvalue weighted by atomic mass is 32.1. The number of hydrogen-bond acceptors (Lipinski definition) is 7. The minimum atomic E-state index is -5.08. The normalized spacial score (nSPS) is 13.7. The number of ether oxygens (including phenoxy) is 1. The van der Waals surface area contributed by atoms with Crippen LogP contribution in [-0.4, -0.2) is 64.8 Å². The van der Waals surface area contributed by atoms with Crippen LogP contribution >= 0.6 is 11.3 Å². The maximum atomic E-state index is 12.4. The molecule has 0 saturated carbocycles. The third-order valence-corrected chi connectivity index (χ3v) is 5.13. The molecule has 170 valence electrons. The molecule has 3 rings (SSSR count). The Hall–Kier alpha value is -2.73. The van der Waals surface area contributed by atoms with Crippen molar-refractivity contribution in [3.05, 3.63) is 40.0 Å². The van der Waals surface area contributed by atoms with Gasteiger partial charge in [0.15, 0.2) is 0 Å². The van der Waals surface area contributed by atoms with Gasteiger partial charge in [-0.25, -0.2) is 14.8 Å². The maximum absolute atomic E-state index is 12.4. The Labute approximate surface area is 181 Å². The predicted octanol–water partition coefficient (Wildman–Crippen LogP) is 2.87. The molecular formula is C19H23F3N4O4S. The number of aliphatic carboxylic acids is 1. The van der Waals surface area contributed by atoms with E-state index in [0.29, 0.717) is 32.7 Å². The highest BCUT2D eigenvalue weighted by molar-refractivity contribution is 7.09. The lowest BCUT2D eigenvalue weighted by Gasteiger charge is -2.23. The Bertz CT molecular complexity index is 891. The van der Waals surface area contributed by atoms with Gasteiger partial charge < -0.3 is 19.6 Å². The number of carboxylic acids is 1. The molecule has 3 heterocycles. The highest BCUT2D eigenvalue weighted by Crippen LogP contribution is 2.25. The van der Waals surface area contributed by atoms with Crippen molar-refractivity contribution in [2.24, 2.45) is 0 Å². The van der Waals surface area contributed by atoms with Gasteiger partial charge in [-0.15, -0.1) is 11.3 Å². The van der Waals surface area contributed by atoms with Gasteiger partial charge in [0.25, 0.3) is 0 Å². The minimum Gasteiger partial charge on any atom is -0.475 e. The Morgan fingerprint density at radius 1 is 1.32 bits per heavy atom. The summed E-state index contributed by atoms with van der Waals surface area (Å²) in [4.78, 5) is 34.5. The molecule has 0 unspecified atom stereocenters. The molecule has 0 fully saturated rings. The van der Waals surface area contributed by atoms with Gasteiger partial charge in [0.2, 0.25) is 5.91 Å². The van der Waals surface area contributed by atoms with Gasteiger partial charge in [0, 0.05) is 43.9 Å². The van der Waals surface area contributed by atoms with Gasteiger partial charge in [0.05, 0.1) is 30.3 Å². The van der Waals surface area contributed by atoms with Gasteiger partial charge in [-0.05, 0) is 13.0 Å². The molecule has 0 atom stereocenters. The zero-order valence-electron chi connectivity index (χ0n) is 17.1. The van der Waals surface area contributed by atoms with E-state index in [1.165, 1.54) is 0 Å². The number of thiazole rings is 1. The molecular weight excluding hydrogens is 437 g/mol. The lowest BCUT2D eigenvalue weighted by Crippen LogP contribution is -2.35. The van der Waals surface area contributed by atoms with E-state index in [1.54, 1.807) is 24.6 Å². The zero-order chi connectivity index (χ0) is 23.0. The molecule has 0 saturated heterocycles. The van der Waals surface area contributed by atoms with Crippen molar-refractivity contribution < 1.29 is 32.6 Å². The summed E-state index contributed by atoms with van der Waals surface area (Å²) in [5, 5.41) is 10.3. The second-order valence-corrected chi connectivity index (χ2v) is 7.69. The molecule has 1 aliphatic heterocycles. The first kappa shape index (κ1) is 24.5. The van der Waals surface area contributed by atoms with Crippen LogP contribution in [0.15, 0.2) is 23.7 Å². The fourth-order valence-electron chi connectivity index (χ4n) is 2.86. The summed E-state index contributed by atoms with van der Waals surface area (Å²) in [5.74, 6) is -1.68. The number of aryl methyl sites for hydroxylation is 1. The van der Waals surface area contributed by atoms with Crippen LogP contribution in [0.4, 0.5) is 19.0 Å². The number of carbonyl (C=O) groups is 2. The van der Waals surface area contributed by atoms with Crippen molar-refractivity contribution in [2.75, 3.05) is 31.7 Å². The average Bonchev–Trinajstić information content (AvgIpc) is 3.03. The molecule has 2 aromatic rings. The smallest absolute Gasteiger partial charge is 0.475 e. The van der Waals surface area contributed by atoms with Crippen LogP contribution in [0.3, 0.4) is 0 Å². The number of halogens is 3. The number of pyridine rings is 1. The summed E-state index contributed by atoms with van der Waals surface area (Å²) in [5.41, 5.74) is 2.13. The lowest BCUT2D eigenvalue weighted by molar-refractivity contribution is -0.192. The van der Waals surface area contributed by atoms with E-state index in [9.17, 15) is 18.0 Å². The maximum Gasteiger partial charge on any atom is 0.490 e. The number of carboxylic acid groups (broad SMARTS) is 1. The molecule has 0 radical (unpaired) electrons. The number of methoxy groups -OCH3 is 1. The first-order chi connectivity index (χ1) is 14.6. The standard InChI is InChI=1S/C17H22N4O2S.C2HF3O2/c1-13-19-15(12-24-13)11-21-8-7-20(16(22)5-9-23-2)10-14-4-3-6-18-17(14)21;3-2(4,5)1(6)7/h3-4,6,12H,5,7-11H2,1-2H3;(H,6,7). The molecule has 1 aliphatic rings. The topological polar surface area (TPSA) is 95.9 Å². The van der Waals surface area contributed by atoms with E-state index < -0.39 is 12.1 Å². The molecule has 0 spiro atoms.